The maximum Gasteiger partial charge on any atom is 0.419 e. The van der Waals surface area contributed by atoms with Crippen LogP contribution < -0.4 is 15.4 Å². The molecule has 1 aliphatic heterocycles. The number of para-hydroxylation sites is 4. The van der Waals surface area contributed by atoms with Crippen molar-refractivity contribution >= 4 is 28.6 Å². The number of aromatic nitrogens is 1. The molecule has 0 N–H and O–H groups in total. The molecule has 2 heterocycles. The topological polar surface area (TPSA) is 85.0 Å². The summed E-state index contributed by atoms with van der Waals surface area (Å²) >= 11 is 0. The van der Waals surface area contributed by atoms with Crippen LogP contribution in [0, 0.1) is 0 Å². The van der Waals surface area contributed by atoms with Crippen molar-refractivity contribution in [3.8, 4) is 5.75 Å². The maximum absolute atomic E-state index is 13.0. The minimum Gasteiger partial charge on any atom is -0.476 e. The van der Waals surface area contributed by atoms with E-state index in [2.05, 4.69) is 0 Å². The van der Waals surface area contributed by atoms with Gasteiger partial charge in [-0.2, -0.15) is 0 Å². The van der Waals surface area contributed by atoms with Crippen LogP contribution in [0.4, 0.5) is 5.69 Å². The number of oxazole rings is 1. The van der Waals surface area contributed by atoms with Crippen molar-refractivity contribution in [3.05, 3.63) is 59.1 Å². The van der Waals surface area contributed by atoms with Crippen molar-refractivity contribution < 1.29 is 18.7 Å². The lowest BCUT2D eigenvalue weighted by Gasteiger charge is -2.35. The molecule has 0 fully saturated rings. The molecule has 8 nitrogen and oxygen atoms in total. The second kappa shape index (κ2) is 7.46. The maximum atomic E-state index is 13.0. The molecule has 4 rings (SSSR count). The van der Waals surface area contributed by atoms with Crippen LogP contribution in [0.25, 0.3) is 11.1 Å². The summed E-state index contributed by atoms with van der Waals surface area (Å²) in [5.41, 5.74) is 1.75. The molecule has 1 atom stereocenters. The van der Waals surface area contributed by atoms with E-state index in [-0.39, 0.29) is 31.3 Å². The molecular weight excluding hydrogens is 374 g/mol. The van der Waals surface area contributed by atoms with Crippen molar-refractivity contribution in [2.75, 3.05) is 25.5 Å². The first-order valence-corrected chi connectivity index (χ1v) is 9.31. The lowest BCUT2D eigenvalue weighted by molar-refractivity contribution is -0.136. The first kappa shape index (κ1) is 18.8. The molecule has 0 aliphatic carbocycles. The van der Waals surface area contributed by atoms with Gasteiger partial charge < -0.3 is 19.0 Å². The molecule has 0 saturated carbocycles. The van der Waals surface area contributed by atoms with Gasteiger partial charge in [0.05, 0.1) is 17.7 Å². The van der Waals surface area contributed by atoms with Crippen LogP contribution in [0.3, 0.4) is 0 Å². The normalized spacial score (nSPS) is 15.7. The molecule has 29 heavy (non-hydrogen) atoms. The number of ether oxygens (including phenoxy) is 1. The number of carbonyl (C=O) groups is 2. The zero-order valence-corrected chi connectivity index (χ0v) is 16.2. The highest BCUT2D eigenvalue weighted by molar-refractivity contribution is 5.97. The fourth-order valence-corrected chi connectivity index (χ4v) is 3.46. The van der Waals surface area contributed by atoms with Gasteiger partial charge in [0.2, 0.25) is 5.91 Å². The number of hydrogen-bond donors (Lipinski definition) is 0. The second-order valence-electron chi connectivity index (χ2n) is 7.05. The predicted octanol–water partition coefficient (Wildman–Crippen LogP) is 1.87. The van der Waals surface area contributed by atoms with E-state index in [9.17, 15) is 14.4 Å². The molecule has 150 valence electrons. The summed E-state index contributed by atoms with van der Waals surface area (Å²) in [6.07, 6.45) is -0.693. The van der Waals surface area contributed by atoms with E-state index in [1.807, 2.05) is 12.1 Å². The number of hydrogen-bond acceptors (Lipinski definition) is 5. The van der Waals surface area contributed by atoms with Gasteiger partial charge in [0.25, 0.3) is 5.91 Å². The Hall–Kier alpha value is -3.55. The molecule has 0 bridgehead atoms. The van der Waals surface area contributed by atoms with Gasteiger partial charge in [-0.25, -0.2) is 4.79 Å². The summed E-state index contributed by atoms with van der Waals surface area (Å²) in [5, 5.41) is 0. The van der Waals surface area contributed by atoms with Crippen molar-refractivity contribution in [2.45, 2.75) is 19.1 Å². The first-order chi connectivity index (χ1) is 14.0. The number of rotatable bonds is 4. The number of fused-ring (bicyclic) bond motifs is 2. The highest BCUT2D eigenvalue weighted by atomic mass is 16.5. The Balaban J connectivity index is 1.57. The second-order valence-corrected chi connectivity index (χ2v) is 7.05. The lowest BCUT2D eigenvalue weighted by atomic mass is 10.1. The Morgan fingerprint density at radius 3 is 2.62 bits per heavy atom. The van der Waals surface area contributed by atoms with Gasteiger partial charge in [0.15, 0.2) is 11.7 Å². The number of anilines is 1. The SMILES string of the molecule is CN(C)C(=O)C1CN(C(=O)CCn2c(=O)oc3ccccc32)c2ccccc2O1. The molecule has 1 aromatic heterocycles. The third-order valence-corrected chi connectivity index (χ3v) is 4.91. The summed E-state index contributed by atoms with van der Waals surface area (Å²) in [6, 6.07) is 14.2. The third kappa shape index (κ3) is 3.49. The molecule has 3 aromatic rings. The monoisotopic (exact) mass is 395 g/mol. The van der Waals surface area contributed by atoms with Crippen molar-refractivity contribution in [2.24, 2.45) is 0 Å². The molecule has 2 aromatic carbocycles. The Morgan fingerprint density at radius 2 is 1.83 bits per heavy atom. The zero-order valence-electron chi connectivity index (χ0n) is 16.2. The van der Waals surface area contributed by atoms with Crippen molar-refractivity contribution in [1.82, 2.24) is 9.47 Å². The Bertz CT molecular complexity index is 1130. The minimum atomic E-state index is -0.777. The zero-order chi connectivity index (χ0) is 20.5. The Kier molecular flexibility index (Phi) is 4.84. The predicted molar refractivity (Wildman–Crippen MR) is 107 cm³/mol. The summed E-state index contributed by atoms with van der Waals surface area (Å²) in [5.74, 6) is -0.427. The molecule has 0 saturated heterocycles. The van der Waals surface area contributed by atoms with Gasteiger partial charge >= 0.3 is 5.76 Å². The quantitative estimate of drug-likeness (QED) is 0.673. The number of nitrogens with zero attached hydrogens (tertiary/aromatic N) is 3. The first-order valence-electron chi connectivity index (χ1n) is 9.31. The van der Waals surface area contributed by atoms with Crippen LogP contribution in [-0.2, 0) is 16.1 Å². The third-order valence-electron chi connectivity index (χ3n) is 4.91. The average molecular weight is 395 g/mol. The molecule has 2 amide bonds. The van der Waals surface area contributed by atoms with E-state index in [1.165, 1.54) is 9.47 Å². The summed E-state index contributed by atoms with van der Waals surface area (Å²) in [7, 11) is 3.30. The Morgan fingerprint density at radius 1 is 1.10 bits per heavy atom. The molecule has 1 aliphatic rings. The highest BCUT2D eigenvalue weighted by Gasteiger charge is 2.34. The van der Waals surface area contributed by atoms with Gasteiger partial charge in [-0.3, -0.25) is 14.2 Å². The van der Waals surface area contributed by atoms with Gasteiger partial charge in [0.1, 0.15) is 5.75 Å². The average Bonchev–Trinajstić information content (AvgIpc) is 3.05. The van der Waals surface area contributed by atoms with Crippen LogP contribution >= 0.6 is 0 Å². The van der Waals surface area contributed by atoms with E-state index in [1.54, 1.807) is 55.4 Å². The Labute approximate surface area is 166 Å². The van der Waals surface area contributed by atoms with E-state index < -0.39 is 11.9 Å². The number of likely N-dealkylation sites (N-methyl/N-ethyl adjacent to an activating group) is 1. The number of amides is 2. The van der Waals surface area contributed by atoms with E-state index in [0.29, 0.717) is 22.5 Å². The van der Waals surface area contributed by atoms with Gasteiger partial charge in [-0.1, -0.05) is 24.3 Å². The summed E-state index contributed by atoms with van der Waals surface area (Å²) in [6.45, 7) is 0.300. The molecule has 0 spiro atoms. The van der Waals surface area contributed by atoms with Crippen LogP contribution in [-0.4, -0.2) is 48.0 Å². The van der Waals surface area contributed by atoms with E-state index in [4.69, 9.17) is 9.15 Å². The number of benzene rings is 2. The van der Waals surface area contributed by atoms with Gasteiger partial charge in [-0.15, -0.1) is 0 Å². The van der Waals surface area contributed by atoms with Crippen LogP contribution in [0.2, 0.25) is 0 Å². The molecule has 8 heteroatoms. The number of carbonyl (C=O) groups excluding carboxylic acids is 2. The standard InChI is InChI=1S/C21H21N3O5/c1-22(2)20(26)18-13-24(15-8-4-5-9-16(15)28-18)19(25)11-12-23-14-7-3-6-10-17(14)29-21(23)27/h3-10,18H,11-13H2,1-2H3. The van der Waals surface area contributed by atoms with Crippen molar-refractivity contribution in [3.63, 3.8) is 0 Å². The van der Waals surface area contributed by atoms with Gasteiger partial charge in [-0.05, 0) is 24.3 Å². The smallest absolute Gasteiger partial charge is 0.419 e. The summed E-state index contributed by atoms with van der Waals surface area (Å²) in [4.78, 5) is 40.6. The molecular formula is C21H21N3O5. The van der Waals surface area contributed by atoms with E-state index >= 15 is 0 Å². The lowest BCUT2D eigenvalue weighted by Crippen LogP contribution is -2.50. The fraction of sp³-hybridized carbons (Fsp3) is 0.286. The van der Waals surface area contributed by atoms with Gasteiger partial charge in [0, 0.05) is 27.1 Å². The highest BCUT2D eigenvalue weighted by Crippen LogP contribution is 2.33. The van der Waals surface area contributed by atoms with E-state index in [0.717, 1.165) is 0 Å². The van der Waals surface area contributed by atoms with Crippen molar-refractivity contribution in [1.29, 1.82) is 0 Å². The summed E-state index contributed by atoms with van der Waals surface area (Å²) < 4.78 is 12.5. The molecule has 0 radical (unpaired) electrons. The molecule has 1 unspecified atom stereocenters. The fourth-order valence-electron chi connectivity index (χ4n) is 3.46. The largest absolute Gasteiger partial charge is 0.476 e. The number of aryl methyl sites for hydroxylation is 1. The van der Waals surface area contributed by atoms with Crippen LogP contribution in [0.5, 0.6) is 5.75 Å². The van der Waals surface area contributed by atoms with Crippen LogP contribution in [0.1, 0.15) is 6.42 Å². The van der Waals surface area contributed by atoms with Crippen LogP contribution in [0.15, 0.2) is 57.7 Å². The minimum absolute atomic E-state index is 0.0840.